The molecule has 6 rings (SSSR count). The molecule has 2 aliphatic rings. The van der Waals surface area contributed by atoms with Crippen molar-refractivity contribution < 1.29 is 39.0 Å². The Morgan fingerprint density at radius 3 is 1.00 bits per heavy atom. The summed E-state index contributed by atoms with van der Waals surface area (Å²) in [7, 11) is 0. The first-order valence-corrected chi connectivity index (χ1v) is 18.0. The quantitative estimate of drug-likeness (QED) is 0.185. The van der Waals surface area contributed by atoms with E-state index in [4.69, 9.17) is 10.2 Å². The molecule has 0 fully saturated rings. The van der Waals surface area contributed by atoms with E-state index in [1.54, 1.807) is 48.5 Å². The number of imide groups is 2. The third-order valence-electron chi connectivity index (χ3n) is 7.26. The van der Waals surface area contributed by atoms with E-state index in [1.807, 2.05) is 12.1 Å². The van der Waals surface area contributed by atoms with Crippen LogP contribution in [0.1, 0.15) is 11.1 Å². The Labute approximate surface area is 293 Å². The van der Waals surface area contributed by atoms with Gasteiger partial charge in [-0.1, -0.05) is 60.7 Å². The van der Waals surface area contributed by atoms with Crippen molar-refractivity contribution >= 4 is 63.9 Å². The molecule has 2 radical (unpaired) electrons. The number of rotatable bonds is 10. The second-order valence-corrected chi connectivity index (χ2v) is 14.7. The van der Waals surface area contributed by atoms with Crippen LogP contribution in [0.4, 0.5) is 0 Å². The van der Waals surface area contributed by atoms with E-state index in [0.717, 1.165) is 45.2 Å². The van der Waals surface area contributed by atoms with Crippen LogP contribution in [0.15, 0.2) is 146 Å². The van der Waals surface area contributed by atoms with Crippen LogP contribution >= 0.6 is 0 Å². The molecule has 4 aromatic carbocycles. The maximum absolute atomic E-state index is 11.5. The van der Waals surface area contributed by atoms with Crippen molar-refractivity contribution in [2.75, 3.05) is 0 Å². The average Bonchev–Trinajstić information content (AvgIpc) is 3.62. The predicted molar refractivity (Wildman–Crippen MR) is 183 cm³/mol. The summed E-state index contributed by atoms with van der Waals surface area (Å²) in [6, 6.07) is 37.0. The zero-order valence-corrected chi connectivity index (χ0v) is 29.0. The summed E-state index contributed by atoms with van der Waals surface area (Å²) in [5, 5.41) is 18.3. The number of hydrogen-bond donors (Lipinski definition) is 2. The van der Waals surface area contributed by atoms with Crippen molar-refractivity contribution in [2.45, 2.75) is 24.9 Å². The van der Waals surface area contributed by atoms with Crippen molar-refractivity contribution in [3.05, 3.63) is 157 Å². The summed E-state index contributed by atoms with van der Waals surface area (Å²) in [6.45, 7) is 0. The van der Waals surface area contributed by atoms with Crippen molar-refractivity contribution in [2.24, 2.45) is 0 Å². The molecule has 2 aliphatic heterocycles. The summed E-state index contributed by atoms with van der Waals surface area (Å²) in [5.41, 5.74) is 1.52. The number of amides is 4. The van der Waals surface area contributed by atoms with Crippen LogP contribution in [0, 0.1) is 0 Å². The Kier molecular flexibility index (Phi) is 13.4. The fraction of sp³-hybridized carbons (Fsp3) is 0.105. The number of carbonyl (C=O) groups is 6. The van der Waals surface area contributed by atoms with Crippen molar-refractivity contribution in [1.29, 1.82) is 0 Å². The Hall–Kier alpha value is -5.62. The minimum atomic E-state index is -1.19. The third kappa shape index (κ3) is 10.7. The normalized spacial score (nSPS) is 14.4. The van der Waals surface area contributed by atoms with E-state index in [1.165, 1.54) is 7.16 Å². The number of benzene rings is 4. The van der Waals surface area contributed by atoms with Crippen LogP contribution in [0.2, 0.25) is 0 Å². The average molecular weight is 763 g/mol. The molecule has 0 spiro atoms. The van der Waals surface area contributed by atoms with Gasteiger partial charge in [-0.25, -0.2) is 9.59 Å². The van der Waals surface area contributed by atoms with E-state index < -0.39 is 68.8 Å². The first-order chi connectivity index (χ1) is 23.6. The molecule has 2 atom stereocenters. The van der Waals surface area contributed by atoms with Crippen molar-refractivity contribution in [3.8, 4) is 0 Å². The topological polar surface area (TPSA) is 149 Å². The fourth-order valence-electron chi connectivity index (χ4n) is 4.90. The Bertz CT molecular complexity index is 1660. The first-order valence-electron chi connectivity index (χ1n) is 15.1. The molecule has 246 valence electrons. The monoisotopic (exact) mass is 764 g/mol. The van der Waals surface area contributed by atoms with Gasteiger partial charge in [0, 0.05) is 37.1 Å². The van der Waals surface area contributed by atoms with Crippen LogP contribution in [0.3, 0.4) is 0 Å². The maximum atomic E-state index is 11.5. The predicted octanol–water partition coefficient (Wildman–Crippen LogP) is 2.56. The second-order valence-electron chi connectivity index (χ2n) is 10.7. The Balaban J connectivity index is 0.000000168. The molecule has 0 aliphatic carbocycles. The van der Waals surface area contributed by atoms with Gasteiger partial charge >= 0.3 is 101 Å². The number of carboxylic acid groups (broad SMARTS) is 2. The summed E-state index contributed by atoms with van der Waals surface area (Å²) in [5.74, 6) is -4.70. The molecule has 2 N–H and O–H groups in total. The van der Waals surface area contributed by atoms with Gasteiger partial charge in [0.15, 0.2) is 0 Å². The van der Waals surface area contributed by atoms with Gasteiger partial charge in [-0.2, -0.15) is 0 Å². The van der Waals surface area contributed by atoms with Crippen LogP contribution in [0.5, 0.6) is 0 Å². The van der Waals surface area contributed by atoms with Gasteiger partial charge in [-0.15, -0.1) is 0 Å². The van der Waals surface area contributed by atoms with Crippen LogP contribution in [-0.4, -0.2) is 88.8 Å². The van der Waals surface area contributed by atoms with Crippen molar-refractivity contribution in [3.63, 3.8) is 0 Å². The number of hydrogen-bond acceptors (Lipinski definition) is 6. The molecular formula is C38H32N2O8Sn. The molecule has 4 amide bonds. The molecule has 49 heavy (non-hydrogen) atoms. The number of aliphatic carboxylic acids is 2. The van der Waals surface area contributed by atoms with E-state index in [2.05, 4.69) is 60.7 Å². The third-order valence-corrected chi connectivity index (χ3v) is 10.8. The van der Waals surface area contributed by atoms with Gasteiger partial charge in [0.1, 0.15) is 12.1 Å². The first kappa shape index (κ1) is 36.2. The van der Waals surface area contributed by atoms with Crippen molar-refractivity contribution in [1.82, 2.24) is 9.80 Å². The summed E-state index contributed by atoms with van der Waals surface area (Å²) in [6.07, 6.45) is 4.56. The minimum absolute atomic E-state index is 0.106. The number of carbonyl (C=O) groups excluding carboxylic acids is 4. The van der Waals surface area contributed by atoms with Crippen LogP contribution < -0.4 is 7.16 Å². The zero-order valence-electron chi connectivity index (χ0n) is 26.2. The van der Waals surface area contributed by atoms with E-state index in [0.29, 0.717) is 0 Å². The molecule has 4 aromatic rings. The summed E-state index contributed by atoms with van der Waals surface area (Å²) >= 11 is -0.517. The van der Waals surface area contributed by atoms with Crippen LogP contribution in [-0.2, 0) is 41.6 Å². The van der Waals surface area contributed by atoms with E-state index >= 15 is 0 Å². The summed E-state index contributed by atoms with van der Waals surface area (Å²) < 4.78 is 3.08. The fourth-order valence-corrected chi connectivity index (χ4v) is 7.90. The molecule has 0 bridgehead atoms. The Morgan fingerprint density at radius 2 is 0.735 bits per heavy atom. The molecule has 10 nitrogen and oxygen atoms in total. The molecule has 0 aromatic heterocycles. The number of nitrogens with zero attached hydrogens (tertiary/aromatic N) is 2. The molecule has 0 saturated heterocycles. The standard InChI is InChI=1S/2C13H11NO4.2C6H5.Sn/c2*15-11-6-7-12(16)14(11)10(13(17)18)8-9-4-2-1-3-5-9;2*1-2-4-6-5-3-1;/h2*1-7,10H,8H2,(H,17,18);2*1-5H;. The summed E-state index contributed by atoms with van der Waals surface area (Å²) in [4.78, 5) is 69.9. The molecule has 2 unspecified atom stereocenters. The molecular weight excluding hydrogens is 731 g/mol. The number of carboxylic acids is 2. The zero-order chi connectivity index (χ0) is 35.2. The Morgan fingerprint density at radius 1 is 0.469 bits per heavy atom. The molecule has 2 heterocycles. The SMILES string of the molecule is O=C(O)C(Cc1ccccc1)N1C(=O)C=CC1=O.O=C(O)C(Cc1ccccc1)N1C(=O)C=CC1=O.c1cc[c]([Sn][c]2ccccc2)cc1. The molecule has 11 heteroatoms. The van der Waals surface area contributed by atoms with Gasteiger partial charge in [-0.05, 0) is 11.1 Å². The van der Waals surface area contributed by atoms with Gasteiger partial charge in [0.2, 0.25) is 0 Å². The van der Waals surface area contributed by atoms with Gasteiger partial charge in [0.25, 0.3) is 23.6 Å². The van der Waals surface area contributed by atoms with Gasteiger partial charge in [-0.3, -0.25) is 29.0 Å². The van der Waals surface area contributed by atoms with E-state index in [-0.39, 0.29) is 12.8 Å². The van der Waals surface area contributed by atoms with Gasteiger partial charge in [0.05, 0.1) is 0 Å². The van der Waals surface area contributed by atoms with Crippen LogP contribution in [0.25, 0.3) is 0 Å². The second kappa shape index (κ2) is 18.1. The molecule has 0 saturated carbocycles. The van der Waals surface area contributed by atoms with Gasteiger partial charge < -0.3 is 10.2 Å². The van der Waals surface area contributed by atoms with E-state index in [9.17, 15) is 28.8 Å².